The van der Waals surface area contributed by atoms with Crippen molar-refractivity contribution in [2.45, 2.75) is 70.6 Å². The first-order valence-electron chi connectivity index (χ1n) is 8.81. The first-order valence-corrected chi connectivity index (χ1v) is 8.81. The lowest BCUT2D eigenvalue weighted by molar-refractivity contribution is -0.00423. The number of hydrogen-bond donors (Lipinski definition) is 0. The summed E-state index contributed by atoms with van der Waals surface area (Å²) in [4.78, 5) is 17.9. The van der Waals surface area contributed by atoms with Crippen molar-refractivity contribution in [2.75, 3.05) is 13.7 Å². The fourth-order valence-electron chi connectivity index (χ4n) is 2.98. The lowest BCUT2D eigenvalue weighted by Gasteiger charge is -2.35. The van der Waals surface area contributed by atoms with Crippen LogP contribution in [0.15, 0.2) is 24.5 Å². The summed E-state index contributed by atoms with van der Waals surface area (Å²) in [6, 6.07) is 4.30. The highest BCUT2D eigenvalue weighted by Gasteiger charge is 2.29. The van der Waals surface area contributed by atoms with E-state index in [-0.39, 0.29) is 12.1 Å². The summed E-state index contributed by atoms with van der Waals surface area (Å²) in [7, 11) is 1.84. The molecule has 0 spiro atoms. The molecule has 0 N–H and O–H groups in total. The van der Waals surface area contributed by atoms with Crippen LogP contribution in [0.1, 0.15) is 52.0 Å². The fraction of sp³-hybridized carbons (Fsp3) is 0.684. The zero-order valence-electron chi connectivity index (χ0n) is 15.3. The standard InChI is InChI=1S/C19H30N2O3/c1-19(2,3)24-18(22)21(4)16-5-7-17(8-6-16)23-14-11-15-9-12-20-13-10-15/h9-10,12-13,16-17H,5-8,11,14H2,1-4H3/t16-,17-. The molecule has 0 unspecified atom stereocenters. The quantitative estimate of drug-likeness (QED) is 0.821. The second-order valence-electron chi connectivity index (χ2n) is 7.50. The van der Waals surface area contributed by atoms with Gasteiger partial charge in [-0.15, -0.1) is 0 Å². The molecular weight excluding hydrogens is 304 g/mol. The fourth-order valence-corrected chi connectivity index (χ4v) is 2.98. The molecule has 1 heterocycles. The first kappa shape index (κ1) is 18.7. The Morgan fingerprint density at radius 1 is 1.21 bits per heavy atom. The molecule has 134 valence electrons. The van der Waals surface area contributed by atoms with Crippen molar-refractivity contribution in [3.8, 4) is 0 Å². The molecule has 2 rings (SSSR count). The van der Waals surface area contributed by atoms with Gasteiger partial charge in [-0.2, -0.15) is 0 Å². The van der Waals surface area contributed by atoms with Crippen molar-refractivity contribution in [3.63, 3.8) is 0 Å². The van der Waals surface area contributed by atoms with Crippen LogP contribution in [0.25, 0.3) is 0 Å². The number of amides is 1. The zero-order chi connectivity index (χ0) is 17.6. The summed E-state index contributed by atoms with van der Waals surface area (Å²) in [6.07, 6.45) is 8.54. The maximum absolute atomic E-state index is 12.1. The minimum Gasteiger partial charge on any atom is -0.444 e. The second-order valence-corrected chi connectivity index (χ2v) is 7.50. The van der Waals surface area contributed by atoms with Crippen molar-refractivity contribution < 1.29 is 14.3 Å². The van der Waals surface area contributed by atoms with E-state index in [1.165, 1.54) is 5.56 Å². The molecule has 5 heteroatoms. The molecule has 1 saturated carbocycles. The van der Waals surface area contributed by atoms with Crippen LogP contribution in [0.4, 0.5) is 4.79 Å². The molecular formula is C19H30N2O3. The van der Waals surface area contributed by atoms with Crippen LogP contribution in [0.2, 0.25) is 0 Å². The molecule has 1 aliphatic carbocycles. The third kappa shape index (κ3) is 6.11. The molecule has 0 saturated heterocycles. The number of hydrogen-bond acceptors (Lipinski definition) is 4. The third-order valence-electron chi connectivity index (χ3n) is 4.37. The minimum absolute atomic E-state index is 0.232. The topological polar surface area (TPSA) is 51.7 Å². The smallest absolute Gasteiger partial charge is 0.410 e. The summed E-state index contributed by atoms with van der Waals surface area (Å²) >= 11 is 0. The first-order chi connectivity index (χ1) is 11.3. The van der Waals surface area contributed by atoms with Gasteiger partial charge in [-0.05, 0) is 70.6 Å². The number of ether oxygens (including phenoxy) is 2. The monoisotopic (exact) mass is 334 g/mol. The lowest BCUT2D eigenvalue weighted by atomic mass is 9.92. The Kier molecular flexibility index (Phi) is 6.60. The summed E-state index contributed by atoms with van der Waals surface area (Å²) < 4.78 is 11.4. The zero-order valence-corrected chi connectivity index (χ0v) is 15.3. The average molecular weight is 334 g/mol. The Bertz CT molecular complexity index is 505. The third-order valence-corrected chi connectivity index (χ3v) is 4.37. The maximum Gasteiger partial charge on any atom is 0.410 e. The molecule has 0 radical (unpaired) electrons. The highest BCUT2D eigenvalue weighted by atomic mass is 16.6. The van der Waals surface area contributed by atoms with E-state index in [0.29, 0.717) is 6.10 Å². The van der Waals surface area contributed by atoms with E-state index in [0.717, 1.165) is 38.7 Å². The van der Waals surface area contributed by atoms with Crippen LogP contribution in [0.5, 0.6) is 0 Å². The predicted molar refractivity (Wildman–Crippen MR) is 93.9 cm³/mol. The van der Waals surface area contributed by atoms with Gasteiger partial charge >= 0.3 is 6.09 Å². The number of carbonyl (C=O) groups excluding carboxylic acids is 1. The largest absolute Gasteiger partial charge is 0.444 e. The molecule has 24 heavy (non-hydrogen) atoms. The van der Waals surface area contributed by atoms with Crippen LogP contribution in [0, 0.1) is 0 Å². The summed E-state index contributed by atoms with van der Waals surface area (Å²) in [5, 5.41) is 0. The molecule has 0 bridgehead atoms. The van der Waals surface area contributed by atoms with E-state index in [1.54, 1.807) is 4.90 Å². The van der Waals surface area contributed by atoms with Crippen molar-refractivity contribution >= 4 is 6.09 Å². The molecule has 5 nitrogen and oxygen atoms in total. The predicted octanol–water partition coefficient (Wildman–Crippen LogP) is 3.82. The SMILES string of the molecule is CN(C(=O)OC(C)(C)C)[C@H]1CC[C@H](OCCc2ccncc2)CC1. The molecule has 0 aromatic carbocycles. The Balaban J connectivity index is 1.68. The van der Waals surface area contributed by atoms with E-state index in [4.69, 9.17) is 9.47 Å². The van der Waals surface area contributed by atoms with Gasteiger partial charge in [0.1, 0.15) is 5.60 Å². The second kappa shape index (κ2) is 8.47. The summed E-state index contributed by atoms with van der Waals surface area (Å²) in [5.41, 5.74) is 0.807. The molecule has 1 aromatic rings. The van der Waals surface area contributed by atoms with E-state index in [1.807, 2.05) is 52.3 Å². The van der Waals surface area contributed by atoms with Crippen molar-refractivity contribution in [1.82, 2.24) is 9.88 Å². The molecule has 1 fully saturated rings. The Labute approximate surface area is 145 Å². The Morgan fingerprint density at radius 3 is 2.42 bits per heavy atom. The molecule has 1 amide bonds. The number of rotatable bonds is 5. The molecule has 0 aliphatic heterocycles. The van der Waals surface area contributed by atoms with E-state index in [9.17, 15) is 4.79 Å². The van der Waals surface area contributed by atoms with Crippen LogP contribution < -0.4 is 0 Å². The van der Waals surface area contributed by atoms with Crippen LogP contribution in [0.3, 0.4) is 0 Å². The van der Waals surface area contributed by atoms with Crippen molar-refractivity contribution in [1.29, 1.82) is 0 Å². The van der Waals surface area contributed by atoms with Gasteiger partial charge in [-0.3, -0.25) is 4.98 Å². The Morgan fingerprint density at radius 2 is 1.83 bits per heavy atom. The Hall–Kier alpha value is -1.62. The van der Waals surface area contributed by atoms with E-state index in [2.05, 4.69) is 4.98 Å². The number of carbonyl (C=O) groups is 1. The summed E-state index contributed by atoms with van der Waals surface area (Å²) in [5.74, 6) is 0. The highest BCUT2D eigenvalue weighted by molar-refractivity contribution is 5.68. The van der Waals surface area contributed by atoms with Gasteiger partial charge in [0.15, 0.2) is 0 Å². The van der Waals surface area contributed by atoms with Gasteiger partial charge in [0, 0.05) is 25.5 Å². The van der Waals surface area contributed by atoms with Gasteiger partial charge in [-0.25, -0.2) is 4.79 Å². The number of aromatic nitrogens is 1. The van der Waals surface area contributed by atoms with Gasteiger partial charge in [0.2, 0.25) is 0 Å². The van der Waals surface area contributed by atoms with Gasteiger partial charge in [-0.1, -0.05) is 0 Å². The van der Waals surface area contributed by atoms with Crippen LogP contribution in [-0.2, 0) is 15.9 Å². The van der Waals surface area contributed by atoms with Crippen LogP contribution >= 0.6 is 0 Å². The lowest BCUT2D eigenvalue weighted by Crippen LogP contribution is -2.43. The molecule has 1 aliphatic rings. The number of pyridine rings is 1. The van der Waals surface area contributed by atoms with Crippen molar-refractivity contribution in [3.05, 3.63) is 30.1 Å². The maximum atomic E-state index is 12.1. The normalized spacial score (nSPS) is 21.3. The number of nitrogens with zero attached hydrogens (tertiary/aromatic N) is 2. The average Bonchev–Trinajstić information content (AvgIpc) is 2.54. The van der Waals surface area contributed by atoms with E-state index < -0.39 is 5.60 Å². The summed E-state index contributed by atoms with van der Waals surface area (Å²) in [6.45, 7) is 6.42. The van der Waals surface area contributed by atoms with Gasteiger partial charge < -0.3 is 14.4 Å². The van der Waals surface area contributed by atoms with Crippen LogP contribution in [-0.4, -0.2) is 47.4 Å². The minimum atomic E-state index is -0.446. The van der Waals surface area contributed by atoms with Crippen molar-refractivity contribution in [2.24, 2.45) is 0 Å². The molecule has 0 atom stereocenters. The van der Waals surface area contributed by atoms with Gasteiger partial charge in [0.25, 0.3) is 0 Å². The van der Waals surface area contributed by atoms with Gasteiger partial charge in [0.05, 0.1) is 12.7 Å². The van der Waals surface area contributed by atoms with E-state index >= 15 is 0 Å². The highest BCUT2D eigenvalue weighted by Crippen LogP contribution is 2.25. The molecule has 1 aromatic heterocycles.